The number of hydrogen-bond donors (Lipinski definition) is 1. The Hall–Kier alpha value is -2.32. The van der Waals surface area contributed by atoms with Gasteiger partial charge in [-0.1, -0.05) is 0 Å². The summed E-state index contributed by atoms with van der Waals surface area (Å²) < 4.78 is 38.9. The lowest BCUT2D eigenvalue weighted by Gasteiger charge is -2.11. The summed E-state index contributed by atoms with van der Waals surface area (Å²) in [5.74, 6) is -0.0462. The first-order valence-corrected chi connectivity index (χ1v) is 5.64. The van der Waals surface area contributed by atoms with Crippen LogP contribution in [-0.4, -0.2) is 46.0 Å². The number of halogens is 3. The van der Waals surface area contributed by atoms with Gasteiger partial charge in [0.2, 0.25) is 5.91 Å². The number of aromatic nitrogens is 3. The molecule has 2 aromatic rings. The van der Waals surface area contributed by atoms with E-state index in [2.05, 4.69) is 15.4 Å². The van der Waals surface area contributed by atoms with Gasteiger partial charge in [-0.3, -0.25) is 4.79 Å². The summed E-state index contributed by atoms with van der Waals surface area (Å²) in [6.07, 6.45) is -1.91. The molecular weight excluding hydrogens is 275 g/mol. The van der Waals surface area contributed by atoms with Crippen molar-refractivity contribution >= 4 is 17.2 Å². The highest BCUT2D eigenvalue weighted by atomic mass is 19.4. The van der Waals surface area contributed by atoms with Gasteiger partial charge in [-0.25, -0.2) is 9.50 Å². The molecule has 0 atom stereocenters. The van der Waals surface area contributed by atoms with E-state index in [0.717, 1.165) is 10.6 Å². The highest BCUT2D eigenvalue weighted by Crippen LogP contribution is 2.29. The molecule has 2 rings (SSSR count). The van der Waals surface area contributed by atoms with Crippen molar-refractivity contribution in [2.75, 3.05) is 26.0 Å². The molecule has 0 radical (unpaired) electrons. The molecule has 0 saturated heterocycles. The van der Waals surface area contributed by atoms with E-state index in [1.54, 1.807) is 14.1 Å². The maximum atomic E-state index is 12.6. The first-order chi connectivity index (χ1) is 9.29. The van der Waals surface area contributed by atoms with Crippen LogP contribution in [0, 0.1) is 0 Å². The zero-order chi connectivity index (χ0) is 14.9. The van der Waals surface area contributed by atoms with Gasteiger partial charge in [-0.2, -0.15) is 18.3 Å². The molecule has 1 amide bonds. The largest absolute Gasteiger partial charge is 0.435 e. The highest BCUT2D eigenvalue weighted by Gasteiger charge is 2.34. The third kappa shape index (κ3) is 2.81. The molecule has 9 heteroatoms. The number of alkyl halides is 3. The Morgan fingerprint density at radius 1 is 1.45 bits per heavy atom. The van der Waals surface area contributed by atoms with Crippen LogP contribution in [0.15, 0.2) is 18.5 Å². The quantitative estimate of drug-likeness (QED) is 0.923. The second-order valence-electron chi connectivity index (χ2n) is 4.27. The lowest BCUT2D eigenvalue weighted by atomic mass is 10.3. The van der Waals surface area contributed by atoms with E-state index in [9.17, 15) is 18.0 Å². The van der Waals surface area contributed by atoms with Crippen molar-refractivity contribution < 1.29 is 18.0 Å². The minimum absolute atomic E-state index is 0.0633. The Bertz CT molecular complexity index is 635. The molecule has 0 bridgehead atoms. The van der Waals surface area contributed by atoms with Crippen molar-refractivity contribution in [2.24, 2.45) is 0 Å². The third-order valence-electron chi connectivity index (χ3n) is 2.59. The number of amides is 1. The molecular formula is C11H12F3N5O. The predicted molar refractivity (Wildman–Crippen MR) is 65.2 cm³/mol. The van der Waals surface area contributed by atoms with E-state index in [0.29, 0.717) is 0 Å². The zero-order valence-electron chi connectivity index (χ0n) is 10.8. The molecule has 0 aliphatic heterocycles. The molecule has 2 aromatic heterocycles. The fourth-order valence-corrected chi connectivity index (χ4v) is 1.51. The number of carbonyl (C=O) groups excluding carboxylic acids is 1. The SMILES string of the molecule is CN(C)C(=O)CNc1nccn2nc(C(F)(F)F)cc12. The summed E-state index contributed by atoms with van der Waals surface area (Å²) in [5.41, 5.74) is -0.848. The minimum Gasteiger partial charge on any atom is -0.359 e. The van der Waals surface area contributed by atoms with Gasteiger partial charge in [-0.05, 0) is 0 Å². The van der Waals surface area contributed by atoms with Crippen LogP contribution in [0.3, 0.4) is 0 Å². The van der Waals surface area contributed by atoms with Crippen LogP contribution in [0.25, 0.3) is 5.52 Å². The topological polar surface area (TPSA) is 62.5 Å². The predicted octanol–water partition coefficient (Wildman–Crippen LogP) is 1.25. The highest BCUT2D eigenvalue weighted by molar-refractivity contribution is 5.81. The van der Waals surface area contributed by atoms with Crippen LogP contribution in [0.1, 0.15) is 5.69 Å². The third-order valence-corrected chi connectivity index (χ3v) is 2.59. The molecule has 108 valence electrons. The maximum Gasteiger partial charge on any atom is 0.435 e. The summed E-state index contributed by atoms with van der Waals surface area (Å²) in [7, 11) is 3.16. The van der Waals surface area contributed by atoms with Gasteiger partial charge in [-0.15, -0.1) is 0 Å². The number of nitrogens with zero attached hydrogens (tertiary/aromatic N) is 4. The van der Waals surface area contributed by atoms with E-state index in [1.165, 1.54) is 17.3 Å². The Balaban J connectivity index is 2.30. The smallest absolute Gasteiger partial charge is 0.359 e. The van der Waals surface area contributed by atoms with Crippen LogP contribution < -0.4 is 5.32 Å². The maximum absolute atomic E-state index is 12.6. The Labute approximate surface area is 112 Å². The Morgan fingerprint density at radius 3 is 2.75 bits per heavy atom. The number of carbonyl (C=O) groups is 1. The normalized spacial score (nSPS) is 11.7. The number of nitrogens with one attached hydrogen (secondary N) is 1. The molecule has 0 spiro atoms. The van der Waals surface area contributed by atoms with E-state index in [4.69, 9.17) is 0 Å². The molecule has 0 saturated carbocycles. The number of hydrogen-bond acceptors (Lipinski definition) is 4. The summed E-state index contributed by atoms with van der Waals surface area (Å²) in [5, 5.41) is 6.13. The van der Waals surface area contributed by atoms with Crippen LogP contribution >= 0.6 is 0 Å². The van der Waals surface area contributed by atoms with E-state index in [1.807, 2.05) is 0 Å². The number of likely N-dealkylation sites (N-methyl/N-ethyl adjacent to an activating group) is 1. The first kappa shape index (κ1) is 14.1. The van der Waals surface area contributed by atoms with Gasteiger partial charge >= 0.3 is 6.18 Å². The Kier molecular flexibility index (Phi) is 3.51. The number of rotatable bonds is 3. The summed E-state index contributed by atoms with van der Waals surface area (Å²) in [6.45, 7) is -0.0633. The molecule has 2 heterocycles. The van der Waals surface area contributed by atoms with Gasteiger partial charge in [0.05, 0.1) is 6.54 Å². The molecule has 1 N–H and O–H groups in total. The van der Waals surface area contributed by atoms with Crippen LogP contribution in [0.5, 0.6) is 0 Å². The molecule has 0 aliphatic carbocycles. The fraction of sp³-hybridized carbons (Fsp3) is 0.364. The van der Waals surface area contributed by atoms with E-state index in [-0.39, 0.29) is 23.8 Å². The van der Waals surface area contributed by atoms with Crippen molar-refractivity contribution in [3.05, 3.63) is 24.2 Å². The average Bonchev–Trinajstić information content (AvgIpc) is 2.79. The molecule has 0 aliphatic rings. The first-order valence-electron chi connectivity index (χ1n) is 5.64. The van der Waals surface area contributed by atoms with Crippen molar-refractivity contribution in [3.63, 3.8) is 0 Å². The van der Waals surface area contributed by atoms with Gasteiger partial charge in [0.1, 0.15) is 5.52 Å². The van der Waals surface area contributed by atoms with Crippen molar-refractivity contribution in [1.29, 1.82) is 0 Å². The van der Waals surface area contributed by atoms with Crippen molar-refractivity contribution in [2.45, 2.75) is 6.18 Å². The van der Waals surface area contributed by atoms with Crippen LogP contribution in [0.4, 0.5) is 19.0 Å². The average molecular weight is 287 g/mol. The van der Waals surface area contributed by atoms with Crippen molar-refractivity contribution in [1.82, 2.24) is 19.5 Å². The summed E-state index contributed by atoms with van der Waals surface area (Å²) >= 11 is 0. The summed E-state index contributed by atoms with van der Waals surface area (Å²) in [4.78, 5) is 16.7. The van der Waals surface area contributed by atoms with Gasteiger partial charge in [0, 0.05) is 32.6 Å². The molecule has 6 nitrogen and oxygen atoms in total. The standard InChI is InChI=1S/C11H12F3N5O/c1-18(2)9(20)6-16-10-7-5-8(11(12,13)14)17-19(7)4-3-15-10/h3-5H,6H2,1-2H3,(H,15,16). The second-order valence-corrected chi connectivity index (χ2v) is 4.27. The van der Waals surface area contributed by atoms with Gasteiger partial charge in [0.15, 0.2) is 11.5 Å². The monoisotopic (exact) mass is 287 g/mol. The van der Waals surface area contributed by atoms with Crippen molar-refractivity contribution in [3.8, 4) is 0 Å². The second kappa shape index (κ2) is 4.99. The lowest BCUT2D eigenvalue weighted by molar-refractivity contribution is -0.141. The van der Waals surface area contributed by atoms with Crippen LogP contribution in [0.2, 0.25) is 0 Å². The number of fused-ring (bicyclic) bond motifs is 1. The van der Waals surface area contributed by atoms with Crippen LogP contribution in [-0.2, 0) is 11.0 Å². The van der Waals surface area contributed by atoms with E-state index < -0.39 is 11.9 Å². The molecule has 0 aromatic carbocycles. The molecule has 0 fully saturated rings. The molecule has 20 heavy (non-hydrogen) atoms. The van der Waals surface area contributed by atoms with E-state index >= 15 is 0 Å². The lowest BCUT2D eigenvalue weighted by Crippen LogP contribution is -2.28. The number of anilines is 1. The zero-order valence-corrected chi connectivity index (χ0v) is 10.8. The fourth-order valence-electron chi connectivity index (χ4n) is 1.51. The van der Waals surface area contributed by atoms with Gasteiger partial charge in [0.25, 0.3) is 0 Å². The molecule has 0 unspecified atom stereocenters. The van der Waals surface area contributed by atoms with Gasteiger partial charge < -0.3 is 10.2 Å². The summed E-state index contributed by atoms with van der Waals surface area (Å²) in [6, 6.07) is 0.884. The Morgan fingerprint density at radius 2 is 2.15 bits per heavy atom. The minimum atomic E-state index is -4.53.